The number of nitrogens with one attached hydrogen (secondary N) is 3. The number of benzene rings is 2. The third-order valence-electron chi connectivity index (χ3n) is 6.84. The predicted octanol–water partition coefficient (Wildman–Crippen LogP) is 3.92. The molecular formula is C26H34ClN3O2. The highest BCUT2D eigenvalue weighted by molar-refractivity contribution is 5.85. The van der Waals surface area contributed by atoms with Crippen LogP contribution in [0.3, 0.4) is 0 Å². The van der Waals surface area contributed by atoms with Gasteiger partial charge in [-0.3, -0.25) is 9.59 Å². The average Bonchev–Trinajstić information content (AvgIpc) is 2.83. The van der Waals surface area contributed by atoms with Gasteiger partial charge in [-0.2, -0.15) is 0 Å². The molecule has 2 aromatic carbocycles. The summed E-state index contributed by atoms with van der Waals surface area (Å²) < 4.78 is 0. The first-order valence-corrected chi connectivity index (χ1v) is 11.5. The van der Waals surface area contributed by atoms with Crippen LogP contribution in [0.2, 0.25) is 0 Å². The Bertz CT molecular complexity index is 897. The molecule has 1 saturated carbocycles. The topological polar surface area (TPSA) is 70.2 Å². The molecule has 32 heavy (non-hydrogen) atoms. The molecule has 0 saturated heterocycles. The number of hydrogen-bond donors (Lipinski definition) is 3. The van der Waals surface area contributed by atoms with E-state index in [0.29, 0.717) is 12.5 Å². The number of carbonyl (C=O) groups is 2. The Morgan fingerprint density at radius 1 is 0.938 bits per heavy atom. The van der Waals surface area contributed by atoms with E-state index in [4.69, 9.17) is 0 Å². The minimum Gasteiger partial charge on any atom is -0.354 e. The Morgan fingerprint density at radius 2 is 1.59 bits per heavy atom. The predicted molar refractivity (Wildman–Crippen MR) is 129 cm³/mol. The number of rotatable bonds is 6. The quantitative estimate of drug-likeness (QED) is 0.618. The summed E-state index contributed by atoms with van der Waals surface area (Å²) in [6, 6.07) is 18.3. The van der Waals surface area contributed by atoms with E-state index in [2.05, 4.69) is 28.1 Å². The fraction of sp³-hybridized carbons (Fsp3) is 0.462. The van der Waals surface area contributed by atoms with Gasteiger partial charge in [-0.25, -0.2) is 0 Å². The summed E-state index contributed by atoms with van der Waals surface area (Å²) in [6.45, 7) is 3.48. The van der Waals surface area contributed by atoms with Gasteiger partial charge in [0, 0.05) is 19.0 Å². The van der Waals surface area contributed by atoms with Crippen molar-refractivity contribution in [3.63, 3.8) is 0 Å². The Hall–Kier alpha value is -2.37. The molecule has 172 valence electrons. The van der Waals surface area contributed by atoms with Crippen LogP contribution in [0.5, 0.6) is 0 Å². The van der Waals surface area contributed by atoms with Crippen LogP contribution < -0.4 is 16.0 Å². The first-order chi connectivity index (χ1) is 15.1. The second-order valence-electron chi connectivity index (χ2n) is 9.01. The second kappa shape index (κ2) is 11.5. The Balaban J connectivity index is 0.00000289. The molecule has 2 amide bonds. The normalized spacial score (nSPS) is 23.2. The highest BCUT2D eigenvalue weighted by Gasteiger charge is 2.29. The summed E-state index contributed by atoms with van der Waals surface area (Å²) in [5.41, 5.74) is 3.67. The summed E-state index contributed by atoms with van der Waals surface area (Å²) >= 11 is 0. The maximum atomic E-state index is 12.7. The second-order valence-corrected chi connectivity index (χ2v) is 9.01. The minimum absolute atomic E-state index is 0. The van der Waals surface area contributed by atoms with Crippen LogP contribution in [-0.4, -0.2) is 24.4 Å². The van der Waals surface area contributed by atoms with Gasteiger partial charge in [0.15, 0.2) is 0 Å². The van der Waals surface area contributed by atoms with Crippen LogP contribution in [0.1, 0.15) is 55.3 Å². The Morgan fingerprint density at radius 3 is 2.31 bits per heavy atom. The molecular weight excluding hydrogens is 422 g/mol. The summed E-state index contributed by atoms with van der Waals surface area (Å²) in [5, 5.41) is 9.67. The molecule has 1 aliphatic carbocycles. The summed E-state index contributed by atoms with van der Waals surface area (Å²) in [7, 11) is 0. The summed E-state index contributed by atoms with van der Waals surface area (Å²) in [5.74, 6) is 0.778. The zero-order valence-corrected chi connectivity index (χ0v) is 19.5. The number of carbonyl (C=O) groups excluding carboxylic acids is 2. The molecule has 6 heteroatoms. The van der Waals surface area contributed by atoms with Gasteiger partial charge in [-0.15, -0.1) is 12.4 Å². The van der Waals surface area contributed by atoms with Crippen LogP contribution in [0.4, 0.5) is 0 Å². The van der Waals surface area contributed by atoms with E-state index in [1.54, 1.807) is 0 Å². The molecule has 1 aliphatic heterocycles. The largest absolute Gasteiger partial charge is 0.354 e. The van der Waals surface area contributed by atoms with Crippen molar-refractivity contribution in [3.8, 4) is 0 Å². The van der Waals surface area contributed by atoms with Crippen molar-refractivity contribution in [2.75, 3.05) is 6.54 Å². The van der Waals surface area contributed by atoms with Crippen molar-refractivity contribution in [2.24, 2.45) is 11.8 Å². The molecule has 0 spiro atoms. The lowest BCUT2D eigenvalue weighted by atomic mass is 9.81. The van der Waals surface area contributed by atoms with E-state index in [1.165, 1.54) is 11.1 Å². The molecule has 0 bridgehead atoms. The van der Waals surface area contributed by atoms with Gasteiger partial charge in [0.05, 0.1) is 12.1 Å². The van der Waals surface area contributed by atoms with Crippen molar-refractivity contribution < 1.29 is 9.59 Å². The monoisotopic (exact) mass is 455 g/mol. The van der Waals surface area contributed by atoms with E-state index in [0.717, 1.165) is 44.2 Å². The van der Waals surface area contributed by atoms with Gasteiger partial charge in [0.1, 0.15) is 0 Å². The molecule has 4 rings (SSSR count). The van der Waals surface area contributed by atoms with Crippen molar-refractivity contribution in [3.05, 3.63) is 71.3 Å². The standard InChI is InChI=1S/C26H33N3O2.ClH/c1-18(20-7-3-2-4-8-20)29-25(30)21-13-11-19(12-14-21)16-28-26(31)24-15-22-9-5-6-10-23(22)17-27-24;/h2-10,18-19,21,24,27H,11-17H2,1H3,(H,28,31)(H,29,30);1H. The lowest BCUT2D eigenvalue weighted by Gasteiger charge is -2.30. The van der Waals surface area contributed by atoms with Gasteiger partial charge < -0.3 is 16.0 Å². The number of amides is 2. The number of hydrogen-bond acceptors (Lipinski definition) is 3. The third-order valence-corrected chi connectivity index (χ3v) is 6.84. The molecule has 2 aliphatic rings. The van der Waals surface area contributed by atoms with Crippen molar-refractivity contribution >= 4 is 24.2 Å². The van der Waals surface area contributed by atoms with Crippen molar-refractivity contribution in [2.45, 2.75) is 57.7 Å². The molecule has 3 N–H and O–H groups in total. The SMILES string of the molecule is CC(NC(=O)C1CCC(CNC(=O)C2Cc3ccccc3CN2)CC1)c1ccccc1.Cl. The van der Waals surface area contributed by atoms with Gasteiger partial charge in [0.25, 0.3) is 0 Å². The zero-order valence-electron chi connectivity index (χ0n) is 18.7. The smallest absolute Gasteiger partial charge is 0.237 e. The number of halogens is 1. The van der Waals surface area contributed by atoms with E-state index in [9.17, 15) is 9.59 Å². The van der Waals surface area contributed by atoms with Crippen molar-refractivity contribution in [1.29, 1.82) is 0 Å². The molecule has 0 aromatic heterocycles. The van der Waals surface area contributed by atoms with Crippen LogP contribution >= 0.6 is 12.4 Å². The third kappa shape index (κ3) is 6.11. The van der Waals surface area contributed by atoms with Gasteiger partial charge in [-0.1, -0.05) is 54.6 Å². The maximum Gasteiger partial charge on any atom is 0.237 e. The van der Waals surface area contributed by atoms with Crippen LogP contribution in [0.15, 0.2) is 54.6 Å². The molecule has 2 aromatic rings. The summed E-state index contributed by atoms with van der Waals surface area (Å²) in [6.07, 6.45) is 4.50. The fourth-order valence-electron chi connectivity index (χ4n) is 4.79. The van der Waals surface area contributed by atoms with Crippen LogP contribution in [0.25, 0.3) is 0 Å². The first-order valence-electron chi connectivity index (χ1n) is 11.5. The molecule has 1 fully saturated rings. The van der Waals surface area contributed by atoms with Gasteiger partial charge in [0.2, 0.25) is 11.8 Å². The van der Waals surface area contributed by atoms with Crippen molar-refractivity contribution in [1.82, 2.24) is 16.0 Å². The van der Waals surface area contributed by atoms with Crippen LogP contribution in [-0.2, 0) is 22.6 Å². The molecule has 5 nitrogen and oxygen atoms in total. The molecule has 2 unspecified atom stereocenters. The molecule has 1 heterocycles. The zero-order chi connectivity index (χ0) is 21.6. The minimum atomic E-state index is -0.156. The Labute approximate surface area is 197 Å². The molecule has 2 atom stereocenters. The number of fused-ring (bicyclic) bond motifs is 1. The Kier molecular flexibility index (Phi) is 8.71. The fourth-order valence-corrected chi connectivity index (χ4v) is 4.79. The highest BCUT2D eigenvalue weighted by atomic mass is 35.5. The van der Waals surface area contributed by atoms with Crippen LogP contribution in [0, 0.1) is 11.8 Å². The van der Waals surface area contributed by atoms with Gasteiger partial charge in [-0.05, 0) is 61.6 Å². The van der Waals surface area contributed by atoms with E-state index < -0.39 is 0 Å². The summed E-state index contributed by atoms with van der Waals surface area (Å²) in [4.78, 5) is 25.3. The van der Waals surface area contributed by atoms with E-state index in [1.807, 2.05) is 49.4 Å². The first kappa shape index (κ1) is 24.3. The van der Waals surface area contributed by atoms with Gasteiger partial charge >= 0.3 is 0 Å². The lowest BCUT2D eigenvalue weighted by Crippen LogP contribution is -2.48. The maximum absolute atomic E-state index is 12.7. The average molecular weight is 456 g/mol. The van der Waals surface area contributed by atoms with E-state index >= 15 is 0 Å². The lowest BCUT2D eigenvalue weighted by molar-refractivity contribution is -0.127. The molecule has 0 radical (unpaired) electrons. The van der Waals surface area contributed by atoms with E-state index in [-0.39, 0.29) is 42.2 Å². The highest BCUT2D eigenvalue weighted by Crippen LogP contribution is 2.29.